The highest BCUT2D eigenvalue weighted by atomic mass is 79.9. The van der Waals surface area contributed by atoms with E-state index in [1.165, 1.54) is 0 Å². The molecule has 0 aliphatic carbocycles. The van der Waals surface area contributed by atoms with Gasteiger partial charge in [-0.05, 0) is 34.1 Å². The van der Waals surface area contributed by atoms with Crippen LogP contribution in [-0.2, 0) is 9.53 Å². The maximum Gasteiger partial charge on any atom is 0.226 e. The SMILES string of the molecule is COc1ccc(NC(=O)CC2COCCN2)cc1Br.Cl. The Labute approximate surface area is 132 Å². The first-order valence-corrected chi connectivity index (χ1v) is 6.93. The molecule has 1 aromatic carbocycles. The molecule has 0 radical (unpaired) electrons. The second-order valence-electron chi connectivity index (χ2n) is 4.33. The molecule has 20 heavy (non-hydrogen) atoms. The van der Waals surface area contributed by atoms with Crippen LogP contribution in [0.3, 0.4) is 0 Å². The van der Waals surface area contributed by atoms with Gasteiger partial charge in [-0.25, -0.2) is 0 Å². The Balaban J connectivity index is 0.00000200. The normalized spacial score (nSPS) is 18.0. The summed E-state index contributed by atoms with van der Waals surface area (Å²) in [6.07, 6.45) is 0.406. The van der Waals surface area contributed by atoms with Gasteiger partial charge in [0.2, 0.25) is 5.91 Å². The Morgan fingerprint density at radius 2 is 2.40 bits per heavy atom. The van der Waals surface area contributed by atoms with Crippen molar-refractivity contribution in [3.8, 4) is 5.75 Å². The van der Waals surface area contributed by atoms with Gasteiger partial charge in [-0.2, -0.15) is 0 Å². The third-order valence-electron chi connectivity index (χ3n) is 2.87. The number of rotatable bonds is 4. The van der Waals surface area contributed by atoms with Crippen molar-refractivity contribution in [1.82, 2.24) is 5.32 Å². The minimum Gasteiger partial charge on any atom is -0.496 e. The molecule has 0 aromatic heterocycles. The Hall–Kier alpha value is -0.820. The predicted octanol–water partition coefficient (Wildman–Crippen LogP) is 2.20. The number of methoxy groups -OCH3 is 1. The lowest BCUT2D eigenvalue weighted by atomic mass is 10.2. The zero-order valence-electron chi connectivity index (χ0n) is 11.1. The van der Waals surface area contributed by atoms with Gasteiger partial charge in [-0.15, -0.1) is 12.4 Å². The average Bonchev–Trinajstić information content (AvgIpc) is 2.40. The van der Waals surface area contributed by atoms with Crippen LogP contribution in [0, 0.1) is 0 Å². The quantitative estimate of drug-likeness (QED) is 0.859. The Morgan fingerprint density at radius 1 is 1.60 bits per heavy atom. The van der Waals surface area contributed by atoms with Gasteiger partial charge in [0, 0.05) is 24.7 Å². The lowest BCUT2D eigenvalue weighted by Crippen LogP contribution is -2.43. The zero-order valence-corrected chi connectivity index (χ0v) is 13.6. The number of morpholine rings is 1. The topological polar surface area (TPSA) is 59.6 Å². The first-order chi connectivity index (χ1) is 9.19. The molecule has 1 fully saturated rings. The minimum absolute atomic E-state index is 0. The van der Waals surface area contributed by atoms with Crippen molar-refractivity contribution in [2.45, 2.75) is 12.5 Å². The van der Waals surface area contributed by atoms with E-state index < -0.39 is 0 Å². The van der Waals surface area contributed by atoms with Gasteiger partial charge in [-0.3, -0.25) is 4.79 Å². The lowest BCUT2D eigenvalue weighted by Gasteiger charge is -2.23. The molecule has 1 aliphatic heterocycles. The van der Waals surface area contributed by atoms with Gasteiger partial charge in [0.25, 0.3) is 0 Å². The van der Waals surface area contributed by atoms with Crippen molar-refractivity contribution in [3.63, 3.8) is 0 Å². The molecule has 0 saturated carbocycles. The Bertz CT molecular complexity index is 453. The van der Waals surface area contributed by atoms with E-state index in [0.29, 0.717) is 19.6 Å². The number of hydrogen-bond donors (Lipinski definition) is 2. The smallest absolute Gasteiger partial charge is 0.226 e. The number of hydrogen-bond acceptors (Lipinski definition) is 4. The van der Waals surface area contributed by atoms with Crippen LogP contribution in [0.25, 0.3) is 0 Å². The first-order valence-electron chi connectivity index (χ1n) is 6.13. The van der Waals surface area contributed by atoms with Gasteiger partial charge in [0.05, 0.1) is 24.8 Å². The number of carbonyl (C=O) groups excluding carboxylic acids is 1. The van der Waals surface area contributed by atoms with Gasteiger partial charge in [0.1, 0.15) is 5.75 Å². The molecule has 7 heteroatoms. The van der Waals surface area contributed by atoms with Crippen LogP contribution >= 0.6 is 28.3 Å². The van der Waals surface area contributed by atoms with E-state index >= 15 is 0 Å². The first kappa shape index (κ1) is 17.2. The minimum atomic E-state index is -0.0277. The predicted molar refractivity (Wildman–Crippen MR) is 83.8 cm³/mol. The van der Waals surface area contributed by atoms with Gasteiger partial charge >= 0.3 is 0 Å². The molecule has 1 aromatic rings. The van der Waals surface area contributed by atoms with E-state index in [0.717, 1.165) is 22.5 Å². The van der Waals surface area contributed by atoms with Crippen LogP contribution in [0.4, 0.5) is 5.69 Å². The third kappa shape index (κ3) is 4.94. The second-order valence-corrected chi connectivity index (χ2v) is 5.18. The fourth-order valence-electron chi connectivity index (χ4n) is 1.93. The molecule has 1 aliphatic rings. The summed E-state index contributed by atoms with van der Waals surface area (Å²) in [6, 6.07) is 5.53. The van der Waals surface area contributed by atoms with Gasteiger partial charge < -0.3 is 20.1 Å². The van der Waals surface area contributed by atoms with E-state index in [9.17, 15) is 4.79 Å². The summed E-state index contributed by atoms with van der Waals surface area (Å²) in [6.45, 7) is 2.09. The number of benzene rings is 1. The molecule has 2 rings (SSSR count). The monoisotopic (exact) mass is 364 g/mol. The number of halogens is 2. The maximum absolute atomic E-state index is 11.9. The van der Waals surface area contributed by atoms with E-state index in [1.807, 2.05) is 18.2 Å². The fourth-order valence-corrected chi connectivity index (χ4v) is 2.47. The van der Waals surface area contributed by atoms with E-state index in [1.54, 1.807) is 7.11 Å². The number of anilines is 1. The maximum atomic E-state index is 11.9. The standard InChI is InChI=1S/C13H17BrN2O3.ClH/c1-18-12-3-2-9(6-11(12)14)16-13(17)7-10-8-19-5-4-15-10;/h2-3,6,10,15H,4-5,7-8H2,1H3,(H,16,17);1H. The molecule has 1 saturated heterocycles. The second kappa shape index (κ2) is 8.46. The lowest BCUT2D eigenvalue weighted by molar-refractivity contribution is -0.117. The van der Waals surface area contributed by atoms with E-state index in [-0.39, 0.29) is 24.4 Å². The summed E-state index contributed by atoms with van der Waals surface area (Å²) >= 11 is 3.39. The highest BCUT2D eigenvalue weighted by Crippen LogP contribution is 2.27. The average molecular weight is 366 g/mol. The Morgan fingerprint density at radius 3 is 3.00 bits per heavy atom. The molecule has 1 atom stereocenters. The van der Waals surface area contributed by atoms with Crippen LogP contribution < -0.4 is 15.4 Å². The molecule has 0 bridgehead atoms. The molecule has 2 N–H and O–H groups in total. The van der Waals surface area contributed by atoms with E-state index in [4.69, 9.17) is 9.47 Å². The summed E-state index contributed by atoms with van der Waals surface area (Å²) in [5.74, 6) is 0.709. The van der Waals surface area contributed by atoms with Crippen molar-refractivity contribution in [3.05, 3.63) is 22.7 Å². The summed E-state index contributed by atoms with van der Waals surface area (Å²) in [7, 11) is 1.60. The summed E-state index contributed by atoms with van der Waals surface area (Å²) in [5.41, 5.74) is 0.745. The number of carbonyl (C=O) groups is 1. The van der Waals surface area contributed by atoms with Crippen LogP contribution in [-0.4, -0.2) is 38.8 Å². The molecule has 0 spiro atoms. The van der Waals surface area contributed by atoms with Crippen molar-refractivity contribution in [2.75, 3.05) is 32.2 Å². The van der Waals surface area contributed by atoms with Gasteiger partial charge in [-0.1, -0.05) is 0 Å². The largest absolute Gasteiger partial charge is 0.496 e. The molecule has 1 amide bonds. The summed E-state index contributed by atoms with van der Waals surface area (Å²) < 4.78 is 11.3. The molecular formula is C13H18BrClN2O3. The highest BCUT2D eigenvalue weighted by molar-refractivity contribution is 9.10. The van der Waals surface area contributed by atoms with Crippen molar-refractivity contribution in [1.29, 1.82) is 0 Å². The molecule has 5 nitrogen and oxygen atoms in total. The fraction of sp³-hybridized carbons (Fsp3) is 0.462. The van der Waals surface area contributed by atoms with Crippen molar-refractivity contribution >= 4 is 39.9 Å². The molecule has 1 heterocycles. The Kier molecular flexibility index (Phi) is 7.29. The van der Waals surface area contributed by atoms with E-state index in [2.05, 4.69) is 26.6 Å². The number of ether oxygens (including phenoxy) is 2. The zero-order chi connectivity index (χ0) is 13.7. The van der Waals surface area contributed by atoms with Crippen molar-refractivity contribution < 1.29 is 14.3 Å². The summed E-state index contributed by atoms with van der Waals surface area (Å²) in [5, 5.41) is 6.11. The highest BCUT2D eigenvalue weighted by Gasteiger charge is 2.17. The van der Waals surface area contributed by atoms with Crippen LogP contribution in [0.1, 0.15) is 6.42 Å². The van der Waals surface area contributed by atoms with Crippen molar-refractivity contribution in [2.24, 2.45) is 0 Å². The van der Waals surface area contributed by atoms with Gasteiger partial charge in [0.15, 0.2) is 0 Å². The van der Waals surface area contributed by atoms with Crippen LogP contribution in [0.15, 0.2) is 22.7 Å². The summed E-state index contributed by atoms with van der Waals surface area (Å²) in [4.78, 5) is 11.9. The molecule has 112 valence electrons. The number of nitrogens with one attached hydrogen (secondary N) is 2. The molecule has 1 unspecified atom stereocenters. The molecular weight excluding hydrogens is 348 g/mol. The van der Waals surface area contributed by atoms with Crippen LogP contribution in [0.2, 0.25) is 0 Å². The number of amides is 1. The third-order valence-corrected chi connectivity index (χ3v) is 3.49. The van der Waals surface area contributed by atoms with Crippen LogP contribution in [0.5, 0.6) is 5.75 Å².